The predicted octanol–water partition coefficient (Wildman–Crippen LogP) is 0.634. The fraction of sp³-hybridized carbons (Fsp3) is 0.667. The molecule has 142 valence electrons. The van der Waals surface area contributed by atoms with Crippen molar-refractivity contribution in [2.45, 2.75) is 38.8 Å². The van der Waals surface area contributed by atoms with Crippen LogP contribution in [0.2, 0.25) is 0 Å². The van der Waals surface area contributed by atoms with Crippen LogP contribution < -0.4 is 16.4 Å². The molecule has 0 unspecified atom stereocenters. The van der Waals surface area contributed by atoms with Crippen LogP contribution in [0, 0.1) is 0 Å². The molecule has 2 saturated heterocycles. The fourth-order valence-corrected chi connectivity index (χ4v) is 3.87. The third-order valence-corrected chi connectivity index (χ3v) is 5.45. The summed E-state index contributed by atoms with van der Waals surface area (Å²) >= 11 is 0. The van der Waals surface area contributed by atoms with Gasteiger partial charge < -0.3 is 21.1 Å². The lowest BCUT2D eigenvalue weighted by atomic mass is 10.1. The van der Waals surface area contributed by atoms with Gasteiger partial charge in [-0.05, 0) is 19.3 Å². The van der Waals surface area contributed by atoms with Gasteiger partial charge in [0.2, 0.25) is 0 Å². The molecule has 4 N–H and O–H groups in total. The number of rotatable bonds is 4. The third kappa shape index (κ3) is 3.36. The molecule has 0 radical (unpaired) electrons. The summed E-state index contributed by atoms with van der Waals surface area (Å²) in [6.07, 6.45) is 2.98. The summed E-state index contributed by atoms with van der Waals surface area (Å²) in [7, 11) is 0. The lowest BCUT2D eigenvalue weighted by Gasteiger charge is -2.29. The highest BCUT2D eigenvalue weighted by Gasteiger charge is 2.22. The molecule has 2 aliphatic rings. The second-order valence-corrected chi connectivity index (χ2v) is 7.27. The van der Waals surface area contributed by atoms with E-state index < -0.39 is 0 Å². The highest BCUT2D eigenvalue weighted by atomic mass is 16.5. The quantitative estimate of drug-likeness (QED) is 0.826. The highest BCUT2D eigenvalue weighted by Crippen LogP contribution is 2.24. The first kappa shape index (κ1) is 17.5. The van der Waals surface area contributed by atoms with Crippen LogP contribution >= 0.6 is 0 Å². The lowest BCUT2D eigenvalue weighted by Crippen LogP contribution is -2.39. The molecular weight excluding hydrogens is 330 g/mol. The lowest BCUT2D eigenvalue weighted by molar-refractivity contribution is 0.122. The van der Waals surface area contributed by atoms with Gasteiger partial charge in [-0.1, -0.05) is 6.92 Å². The first-order valence-corrected chi connectivity index (χ1v) is 9.63. The number of likely N-dealkylation sites (tertiary alicyclic amines) is 1. The van der Waals surface area contributed by atoms with Gasteiger partial charge in [0.15, 0.2) is 11.5 Å². The van der Waals surface area contributed by atoms with E-state index in [1.54, 1.807) is 0 Å². The molecule has 0 aliphatic carbocycles. The smallest absolute Gasteiger partial charge is 0.177 e. The maximum Gasteiger partial charge on any atom is 0.177 e. The number of ether oxygens (including phenoxy) is 1. The van der Waals surface area contributed by atoms with Gasteiger partial charge in [0.05, 0.1) is 30.3 Å². The normalized spacial score (nSPS) is 20.2. The van der Waals surface area contributed by atoms with Crippen molar-refractivity contribution in [2.24, 2.45) is 5.73 Å². The summed E-state index contributed by atoms with van der Waals surface area (Å²) < 4.78 is 7.40. The number of fused-ring (bicyclic) bond motifs is 1. The molecule has 0 spiro atoms. The summed E-state index contributed by atoms with van der Waals surface area (Å²) in [6, 6.07) is 2.28. The minimum atomic E-state index is 0.339. The van der Waals surface area contributed by atoms with E-state index in [1.807, 2.05) is 10.6 Å². The standard InChI is InChI=1S/C18H29N7O/c1-2-16-15(12-23-5-3-13(19)4-6-23)21-18-14(20)11-17(22-25(16)18)24-7-9-26-10-8-24/h11,13H,2-10,12,19-20H2,1H3. The first-order valence-electron chi connectivity index (χ1n) is 9.63. The minimum absolute atomic E-state index is 0.339. The van der Waals surface area contributed by atoms with Crippen LogP contribution in [0.4, 0.5) is 11.5 Å². The number of anilines is 2. The molecule has 8 heteroatoms. The zero-order valence-corrected chi connectivity index (χ0v) is 15.5. The number of morpholine rings is 1. The van der Waals surface area contributed by atoms with Crippen LogP contribution in [0.5, 0.6) is 0 Å². The molecule has 2 fully saturated rings. The molecule has 4 rings (SSSR count). The molecule has 2 aromatic rings. The number of nitrogens with zero attached hydrogens (tertiary/aromatic N) is 5. The average Bonchev–Trinajstić information content (AvgIpc) is 3.02. The van der Waals surface area contributed by atoms with Crippen LogP contribution in [0.1, 0.15) is 31.2 Å². The first-order chi connectivity index (χ1) is 12.7. The third-order valence-electron chi connectivity index (χ3n) is 5.45. The van der Waals surface area contributed by atoms with E-state index in [9.17, 15) is 0 Å². The molecule has 8 nitrogen and oxygen atoms in total. The van der Waals surface area contributed by atoms with E-state index >= 15 is 0 Å². The van der Waals surface area contributed by atoms with Crippen molar-refractivity contribution < 1.29 is 4.74 Å². The largest absolute Gasteiger partial charge is 0.396 e. The molecule has 0 aromatic carbocycles. The van der Waals surface area contributed by atoms with Gasteiger partial charge >= 0.3 is 0 Å². The molecule has 2 aliphatic heterocycles. The summed E-state index contributed by atoms with van der Waals surface area (Å²) in [6.45, 7) is 8.19. The average molecular weight is 359 g/mol. The Hall–Kier alpha value is -1.90. The summed E-state index contributed by atoms with van der Waals surface area (Å²) in [5.74, 6) is 0.904. The Bertz CT molecular complexity index is 760. The Morgan fingerprint density at radius 1 is 1.19 bits per heavy atom. The Labute approximate surface area is 154 Å². The van der Waals surface area contributed by atoms with Gasteiger partial charge in [0.25, 0.3) is 0 Å². The molecule has 0 bridgehead atoms. The zero-order chi connectivity index (χ0) is 18.1. The highest BCUT2D eigenvalue weighted by molar-refractivity contribution is 5.69. The number of aryl methyl sites for hydroxylation is 1. The van der Waals surface area contributed by atoms with Gasteiger partial charge in [-0.25, -0.2) is 9.50 Å². The van der Waals surface area contributed by atoms with E-state index in [1.165, 1.54) is 0 Å². The van der Waals surface area contributed by atoms with Crippen molar-refractivity contribution in [3.05, 3.63) is 17.5 Å². The van der Waals surface area contributed by atoms with E-state index in [0.29, 0.717) is 11.7 Å². The van der Waals surface area contributed by atoms with Crippen LogP contribution in [0.3, 0.4) is 0 Å². The molecule has 2 aromatic heterocycles. The number of aromatic nitrogens is 3. The summed E-state index contributed by atoms with van der Waals surface area (Å²) in [5.41, 5.74) is 16.1. The topological polar surface area (TPSA) is 97.9 Å². The van der Waals surface area contributed by atoms with Crippen LogP contribution in [0.25, 0.3) is 5.65 Å². The van der Waals surface area contributed by atoms with E-state index in [4.69, 9.17) is 26.3 Å². The summed E-state index contributed by atoms with van der Waals surface area (Å²) in [5, 5.41) is 4.86. The second-order valence-electron chi connectivity index (χ2n) is 7.27. The van der Waals surface area contributed by atoms with Crippen LogP contribution in [0.15, 0.2) is 6.07 Å². The van der Waals surface area contributed by atoms with Crippen molar-refractivity contribution in [1.29, 1.82) is 0 Å². The van der Waals surface area contributed by atoms with Crippen molar-refractivity contribution in [1.82, 2.24) is 19.5 Å². The number of hydrogen-bond donors (Lipinski definition) is 2. The Balaban J connectivity index is 1.65. The Morgan fingerprint density at radius 2 is 1.92 bits per heavy atom. The van der Waals surface area contributed by atoms with Gasteiger partial charge in [0, 0.05) is 44.8 Å². The maximum absolute atomic E-state index is 6.34. The number of nitrogens with two attached hydrogens (primary N) is 2. The molecule has 0 saturated carbocycles. The fourth-order valence-electron chi connectivity index (χ4n) is 3.87. The van der Waals surface area contributed by atoms with E-state index in [2.05, 4.69) is 16.7 Å². The minimum Gasteiger partial charge on any atom is -0.396 e. The van der Waals surface area contributed by atoms with E-state index in [-0.39, 0.29) is 0 Å². The number of hydrogen-bond acceptors (Lipinski definition) is 7. The van der Waals surface area contributed by atoms with Gasteiger partial charge in [-0.3, -0.25) is 4.90 Å². The van der Waals surface area contributed by atoms with Crippen LogP contribution in [-0.4, -0.2) is 64.9 Å². The number of piperidine rings is 1. The molecule has 0 amide bonds. The number of imidazole rings is 1. The van der Waals surface area contributed by atoms with Crippen molar-refractivity contribution in [2.75, 3.05) is 50.0 Å². The number of nitrogen functional groups attached to an aromatic ring is 1. The molecule has 26 heavy (non-hydrogen) atoms. The van der Waals surface area contributed by atoms with Gasteiger partial charge in [-0.15, -0.1) is 5.10 Å². The second kappa shape index (κ2) is 7.38. The maximum atomic E-state index is 6.34. The predicted molar refractivity (Wildman–Crippen MR) is 102 cm³/mol. The van der Waals surface area contributed by atoms with Gasteiger partial charge in [0.1, 0.15) is 0 Å². The van der Waals surface area contributed by atoms with Crippen molar-refractivity contribution >= 4 is 17.2 Å². The Kier molecular flexibility index (Phi) is 4.97. The summed E-state index contributed by atoms with van der Waals surface area (Å²) in [4.78, 5) is 9.50. The molecule has 4 heterocycles. The zero-order valence-electron chi connectivity index (χ0n) is 15.5. The SMILES string of the molecule is CCc1c(CN2CCC(N)CC2)nc2c(N)cc(N3CCOCC3)nn12. The monoisotopic (exact) mass is 359 g/mol. The van der Waals surface area contributed by atoms with Gasteiger partial charge in [-0.2, -0.15) is 0 Å². The van der Waals surface area contributed by atoms with Crippen LogP contribution in [-0.2, 0) is 17.7 Å². The van der Waals surface area contributed by atoms with Crippen molar-refractivity contribution in [3.8, 4) is 0 Å². The molecule has 0 atom stereocenters. The van der Waals surface area contributed by atoms with Crippen molar-refractivity contribution in [3.63, 3.8) is 0 Å². The molecular formula is C18H29N7O. The van der Waals surface area contributed by atoms with E-state index in [0.717, 1.165) is 88.1 Å². The Morgan fingerprint density at radius 3 is 2.62 bits per heavy atom.